The number of hydrogen-bond acceptors (Lipinski definition) is 8. The predicted octanol–water partition coefficient (Wildman–Crippen LogP) is 2.08. The van der Waals surface area contributed by atoms with Crippen LogP contribution in [-0.2, 0) is 26.0 Å². The van der Waals surface area contributed by atoms with Gasteiger partial charge >= 0.3 is 5.97 Å². The minimum absolute atomic E-state index is 0.00660. The van der Waals surface area contributed by atoms with E-state index in [1.54, 1.807) is 43.7 Å². The second-order valence-electron chi connectivity index (χ2n) is 5.07. The molecule has 2 rings (SSSR count). The number of anilines is 1. The first-order chi connectivity index (χ1) is 12.4. The second kappa shape index (κ2) is 9.39. The van der Waals surface area contributed by atoms with E-state index >= 15 is 0 Å². The van der Waals surface area contributed by atoms with Crippen LogP contribution in [0, 0.1) is 0 Å². The maximum atomic E-state index is 12.1. The number of aromatic nitrogens is 1. The molecule has 10 heteroatoms. The molecule has 26 heavy (non-hydrogen) atoms. The molecule has 0 bridgehead atoms. The van der Waals surface area contributed by atoms with Gasteiger partial charge in [0.25, 0.3) is 0 Å². The topological polar surface area (TPSA) is 104 Å². The summed E-state index contributed by atoms with van der Waals surface area (Å²) in [5, 5.41) is 1.82. The molecule has 8 nitrogen and oxygen atoms in total. The third kappa shape index (κ3) is 6.52. The molecule has 0 spiro atoms. The molecule has 0 amide bonds. The maximum absolute atomic E-state index is 12.1. The SMILES string of the molecule is CCOC(=O)Cc1csc(NS(=O)(=O)CCOc2ccc(OC)cc2)n1. The fourth-order valence-electron chi connectivity index (χ4n) is 1.92. The first kappa shape index (κ1) is 20.0. The van der Waals surface area contributed by atoms with Crippen molar-refractivity contribution in [2.24, 2.45) is 0 Å². The Hall–Kier alpha value is -2.33. The van der Waals surface area contributed by atoms with Gasteiger partial charge < -0.3 is 14.2 Å². The van der Waals surface area contributed by atoms with E-state index in [1.165, 1.54) is 0 Å². The van der Waals surface area contributed by atoms with Crippen LogP contribution in [0.25, 0.3) is 0 Å². The number of nitrogens with zero attached hydrogens (tertiary/aromatic N) is 1. The number of methoxy groups -OCH3 is 1. The highest BCUT2D eigenvalue weighted by Crippen LogP contribution is 2.19. The molecule has 1 aromatic carbocycles. The molecule has 2 aromatic rings. The zero-order valence-electron chi connectivity index (χ0n) is 14.4. The van der Waals surface area contributed by atoms with E-state index < -0.39 is 16.0 Å². The Balaban J connectivity index is 1.82. The van der Waals surface area contributed by atoms with E-state index in [2.05, 4.69) is 9.71 Å². The van der Waals surface area contributed by atoms with Crippen molar-refractivity contribution in [3.63, 3.8) is 0 Å². The first-order valence-corrected chi connectivity index (χ1v) is 10.3. The lowest BCUT2D eigenvalue weighted by atomic mass is 10.3. The van der Waals surface area contributed by atoms with Crippen molar-refractivity contribution in [2.75, 3.05) is 30.8 Å². The van der Waals surface area contributed by atoms with Gasteiger partial charge in [0.1, 0.15) is 23.9 Å². The third-order valence-corrected chi connectivity index (χ3v) is 5.25. The molecule has 0 atom stereocenters. The van der Waals surface area contributed by atoms with Gasteiger partial charge in [0, 0.05) is 5.38 Å². The number of sulfonamides is 1. The van der Waals surface area contributed by atoms with E-state index in [9.17, 15) is 13.2 Å². The van der Waals surface area contributed by atoms with Crippen LogP contribution in [-0.4, -0.2) is 45.4 Å². The van der Waals surface area contributed by atoms with Crippen LogP contribution in [0.5, 0.6) is 11.5 Å². The molecule has 0 aliphatic rings. The lowest BCUT2D eigenvalue weighted by molar-refractivity contribution is -0.142. The Morgan fingerprint density at radius 1 is 1.23 bits per heavy atom. The summed E-state index contributed by atoms with van der Waals surface area (Å²) >= 11 is 1.11. The Bertz CT molecular complexity index is 818. The molecular weight excluding hydrogens is 380 g/mol. The summed E-state index contributed by atoms with van der Waals surface area (Å²) < 4.78 is 41.8. The minimum Gasteiger partial charge on any atom is -0.497 e. The van der Waals surface area contributed by atoms with E-state index in [0.717, 1.165) is 11.3 Å². The Labute approximate surface area is 156 Å². The van der Waals surface area contributed by atoms with Crippen LogP contribution in [0.1, 0.15) is 12.6 Å². The summed E-state index contributed by atoms with van der Waals surface area (Å²) in [6.45, 7) is 1.99. The number of rotatable bonds is 10. The Morgan fingerprint density at radius 3 is 2.58 bits per heavy atom. The molecule has 1 aromatic heterocycles. The summed E-state index contributed by atoms with van der Waals surface area (Å²) in [5.74, 6) is 0.604. The van der Waals surface area contributed by atoms with Crippen LogP contribution in [0.15, 0.2) is 29.6 Å². The van der Waals surface area contributed by atoms with Gasteiger partial charge in [0.2, 0.25) is 10.0 Å². The van der Waals surface area contributed by atoms with Gasteiger partial charge in [-0.3, -0.25) is 9.52 Å². The molecule has 0 aliphatic heterocycles. The second-order valence-corrected chi connectivity index (χ2v) is 7.77. The van der Waals surface area contributed by atoms with Gasteiger partial charge in [0.15, 0.2) is 5.13 Å². The summed E-state index contributed by atoms with van der Waals surface area (Å²) in [7, 11) is -2.05. The lowest BCUT2D eigenvalue weighted by Crippen LogP contribution is -2.21. The molecule has 0 unspecified atom stereocenters. The summed E-state index contributed by atoms with van der Waals surface area (Å²) in [6, 6.07) is 6.84. The highest BCUT2D eigenvalue weighted by Gasteiger charge is 2.15. The zero-order valence-corrected chi connectivity index (χ0v) is 16.1. The van der Waals surface area contributed by atoms with E-state index in [-0.39, 0.29) is 30.5 Å². The van der Waals surface area contributed by atoms with Crippen molar-refractivity contribution in [3.05, 3.63) is 35.3 Å². The molecule has 0 fully saturated rings. The average molecular weight is 400 g/mol. The van der Waals surface area contributed by atoms with Gasteiger partial charge in [-0.15, -0.1) is 11.3 Å². The first-order valence-electron chi connectivity index (χ1n) is 7.79. The smallest absolute Gasteiger partial charge is 0.311 e. The number of carbonyl (C=O) groups is 1. The van der Waals surface area contributed by atoms with Crippen LogP contribution in [0.2, 0.25) is 0 Å². The van der Waals surface area contributed by atoms with Gasteiger partial charge in [-0.1, -0.05) is 0 Å². The molecule has 1 heterocycles. The largest absolute Gasteiger partial charge is 0.497 e. The van der Waals surface area contributed by atoms with Crippen molar-refractivity contribution in [1.29, 1.82) is 0 Å². The fourth-order valence-corrected chi connectivity index (χ4v) is 3.76. The third-order valence-electron chi connectivity index (χ3n) is 3.11. The highest BCUT2D eigenvalue weighted by atomic mass is 32.2. The molecule has 142 valence electrons. The van der Waals surface area contributed by atoms with Crippen molar-refractivity contribution in [1.82, 2.24) is 4.98 Å². The van der Waals surface area contributed by atoms with Crippen LogP contribution in [0.4, 0.5) is 5.13 Å². The van der Waals surface area contributed by atoms with E-state index in [1.807, 2.05) is 0 Å². The van der Waals surface area contributed by atoms with Crippen LogP contribution < -0.4 is 14.2 Å². The van der Waals surface area contributed by atoms with Crippen molar-refractivity contribution < 1.29 is 27.4 Å². The number of esters is 1. The van der Waals surface area contributed by atoms with Crippen molar-refractivity contribution in [3.8, 4) is 11.5 Å². The predicted molar refractivity (Wildman–Crippen MR) is 98.3 cm³/mol. The van der Waals surface area contributed by atoms with Gasteiger partial charge in [-0.25, -0.2) is 13.4 Å². The summed E-state index contributed by atoms with van der Waals surface area (Å²) in [5.41, 5.74) is 0.459. The molecule has 0 aliphatic carbocycles. The van der Waals surface area contributed by atoms with Gasteiger partial charge in [-0.2, -0.15) is 0 Å². The lowest BCUT2D eigenvalue weighted by Gasteiger charge is -2.08. The van der Waals surface area contributed by atoms with E-state index in [0.29, 0.717) is 17.2 Å². The van der Waals surface area contributed by atoms with Crippen molar-refractivity contribution >= 4 is 32.5 Å². The zero-order chi connectivity index (χ0) is 19.0. The van der Waals surface area contributed by atoms with Gasteiger partial charge in [0.05, 0.1) is 25.8 Å². The van der Waals surface area contributed by atoms with Crippen LogP contribution in [0.3, 0.4) is 0 Å². The molecule has 0 saturated carbocycles. The summed E-state index contributed by atoms with van der Waals surface area (Å²) in [6.07, 6.45) is 0.00660. The fraction of sp³-hybridized carbons (Fsp3) is 0.375. The number of carbonyl (C=O) groups excluding carboxylic acids is 1. The number of hydrogen-bond donors (Lipinski definition) is 1. The molecule has 1 N–H and O–H groups in total. The number of thiazole rings is 1. The quantitative estimate of drug-likeness (QED) is 0.609. The standard InChI is InChI=1S/C16H20N2O6S2/c1-3-23-15(19)10-12-11-25-16(17-12)18-26(20,21)9-8-24-14-6-4-13(22-2)5-7-14/h4-7,11H,3,8-10H2,1-2H3,(H,17,18). The van der Waals surface area contributed by atoms with Crippen molar-refractivity contribution in [2.45, 2.75) is 13.3 Å². The molecule has 0 radical (unpaired) electrons. The maximum Gasteiger partial charge on any atom is 0.311 e. The number of nitrogens with one attached hydrogen (secondary N) is 1. The van der Waals surface area contributed by atoms with E-state index in [4.69, 9.17) is 14.2 Å². The molecular formula is C16H20N2O6S2. The average Bonchev–Trinajstić information content (AvgIpc) is 3.01. The number of benzene rings is 1. The minimum atomic E-state index is -3.61. The number of ether oxygens (including phenoxy) is 3. The Kier molecular flexibility index (Phi) is 7.22. The normalized spacial score (nSPS) is 11.0. The monoisotopic (exact) mass is 400 g/mol. The summed E-state index contributed by atoms with van der Waals surface area (Å²) in [4.78, 5) is 15.5. The van der Waals surface area contributed by atoms with Crippen LogP contribution >= 0.6 is 11.3 Å². The Morgan fingerprint density at radius 2 is 1.92 bits per heavy atom. The highest BCUT2D eigenvalue weighted by molar-refractivity contribution is 7.92. The van der Waals surface area contributed by atoms with Gasteiger partial charge in [-0.05, 0) is 31.2 Å². The molecule has 0 saturated heterocycles.